The van der Waals surface area contributed by atoms with Gasteiger partial charge in [-0.15, -0.1) is 21.6 Å². The van der Waals surface area contributed by atoms with Crippen molar-refractivity contribution in [2.24, 2.45) is 10.2 Å². The number of rotatable bonds is 7. The molecule has 0 radical (unpaired) electrons. The molecule has 3 aromatic heterocycles. The van der Waals surface area contributed by atoms with E-state index in [-0.39, 0.29) is 17.9 Å². The molecule has 0 saturated heterocycles. The van der Waals surface area contributed by atoms with E-state index in [0.717, 1.165) is 27.4 Å². The quantitative estimate of drug-likeness (QED) is 0.288. The lowest BCUT2D eigenvalue weighted by Gasteiger charge is -1.99. The highest BCUT2D eigenvalue weighted by molar-refractivity contribution is 7.15. The molecular weight excluding hydrogens is 468 g/mol. The standard InChI is InChI=1S/C24H20N6O2S2/c1-15-19(12-13-31)34-23(25-15)28-27-21-20(17-10-6-3-7-11-17)29-30(22(21)32)24-26-18(14-33-24)16-8-4-2-5-9-16/h2-11,14,29,31H,12-13H2,1H3. The summed E-state index contributed by atoms with van der Waals surface area (Å²) < 4.78 is 1.40. The number of thiazole rings is 2. The van der Waals surface area contributed by atoms with Crippen LogP contribution in [-0.4, -0.2) is 31.5 Å². The molecule has 2 N–H and O–H groups in total. The fourth-order valence-corrected chi connectivity index (χ4v) is 5.11. The SMILES string of the molecule is Cc1nc(N=Nc2c(-c3ccccc3)[nH]n(-c3nc(-c4ccccc4)cs3)c2=O)sc1CCO. The molecule has 8 nitrogen and oxygen atoms in total. The van der Waals surface area contributed by atoms with Crippen LogP contribution < -0.4 is 5.56 Å². The van der Waals surface area contributed by atoms with Gasteiger partial charge in [0.2, 0.25) is 10.3 Å². The van der Waals surface area contributed by atoms with E-state index in [2.05, 4.69) is 25.3 Å². The van der Waals surface area contributed by atoms with Crippen LogP contribution in [0.4, 0.5) is 10.8 Å². The molecule has 0 bridgehead atoms. The summed E-state index contributed by atoms with van der Waals surface area (Å²) in [6, 6.07) is 19.3. The molecule has 170 valence electrons. The van der Waals surface area contributed by atoms with Gasteiger partial charge in [-0.25, -0.2) is 9.97 Å². The van der Waals surface area contributed by atoms with Crippen molar-refractivity contribution in [1.82, 2.24) is 19.7 Å². The zero-order valence-corrected chi connectivity index (χ0v) is 19.8. The minimum atomic E-state index is -0.347. The van der Waals surface area contributed by atoms with E-state index in [9.17, 15) is 9.90 Å². The number of nitrogens with zero attached hydrogens (tertiary/aromatic N) is 5. The van der Waals surface area contributed by atoms with Gasteiger partial charge < -0.3 is 5.11 Å². The number of azo groups is 1. The van der Waals surface area contributed by atoms with Gasteiger partial charge in [-0.05, 0) is 6.92 Å². The van der Waals surface area contributed by atoms with E-state index in [4.69, 9.17) is 0 Å². The Hall–Kier alpha value is -3.73. The molecule has 0 aliphatic rings. The normalized spacial score (nSPS) is 11.5. The van der Waals surface area contributed by atoms with Crippen LogP contribution in [0.3, 0.4) is 0 Å². The molecule has 3 heterocycles. The number of aliphatic hydroxyl groups is 1. The Labute approximate surface area is 202 Å². The lowest BCUT2D eigenvalue weighted by Crippen LogP contribution is -2.13. The predicted octanol–water partition coefficient (Wildman–Crippen LogP) is 5.67. The van der Waals surface area contributed by atoms with Gasteiger partial charge in [0, 0.05) is 34.4 Å². The molecular formula is C24H20N6O2S2. The maximum atomic E-state index is 13.4. The van der Waals surface area contributed by atoms with Crippen molar-refractivity contribution in [2.75, 3.05) is 6.61 Å². The number of aryl methyl sites for hydroxylation is 1. The van der Waals surface area contributed by atoms with Gasteiger partial charge in [0.1, 0.15) is 0 Å². The number of hydrogen-bond acceptors (Lipinski definition) is 8. The smallest absolute Gasteiger partial charge is 0.301 e. The van der Waals surface area contributed by atoms with Crippen molar-refractivity contribution in [1.29, 1.82) is 0 Å². The molecule has 2 aromatic carbocycles. The van der Waals surface area contributed by atoms with E-state index in [1.54, 1.807) is 0 Å². The first kappa shape index (κ1) is 22.1. The molecule has 34 heavy (non-hydrogen) atoms. The average Bonchev–Trinajstić information content (AvgIpc) is 3.57. The first-order valence-electron chi connectivity index (χ1n) is 10.5. The third-order valence-corrected chi connectivity index (χ3v) is 7.06. The van der Waals surface area contributed by atoms with Crippen LogP contribution in [-0.2, 0) is 6.42 Å². The summed E-state index contributed by atoms with van der Waals surface area (Å²) in [6.45, 7) is 1.91. The minimum absolute atomic E-state index is 0.0407. The van der Waals surface area contributed by atoms with Crippen molar-refractivity contribution in [3.05, 3.63) is 87.0 Å². The summed E-state index contributed by atoms with van der Waals surface area (Å²) in [5.41, 5.74) is 3.77. The molecule has 10 heteroatoms. The third kappa shape index (κ3) is 4.38. The van der Waals surface area contributed by atoms with Crippen LogP contribution in [0.25, 0.3) is 27.6 Å². The van der Waals surface area contributed by atoms with Crippen LogP contribution in [0.2, 0.25) is 0 Å². The Balaban J connectivity index is 1.57. The second kappa shape index (κ2) is 9.64. The van der Waals surface area contributed by atoms with Crippen molar-refractivity contribution in [3.8, 4) is 27.6 Å². The maximum absolute atomic E-state index is 13.4. The average molecular weight is 489 g/mol. The van der Waals surface area contributed by atoms with Crippen LogP contribution in [0.15, 0.2) is 81.1 Å². The van der Waals surface area contributed by atoms with E-state index < -0.39 is 0 Å². The van der Waals surface area contributed by atoms with E-state index in [1.165, 1.54) is 27.4 Å². The van der Waals surface area contributed by atoms with Crippen LogP contribution in [0.5, 0.6) is 0 Å². The van der Waals surface area contributed by atoms with E-state index in [0.29, 0.717) is 22.4 Å². The third-order valence-electron chi connectivity index (χ3n) is 5.14. The lowest BCUT2D eigenvalue weighted by atomic mass is 10.1. The van der Waals surface area contributed by atoms with E-state index >= 15 is 0 Å². The molecule has 0 spiro atoms. The molecule has 5 rings (SSSR count). The Morgan fingerprint density at radius 3 is 2.41 bits per heavy atom. The Morgan fingerprint density at radius 1 is 1.00 bits per heavy atom. The second-order valence-electron chi connectivity index (χ2n) is 7.40. The largest absolute Gasteiger partial charge is 0.396 e. The molecule has 0 aliphatic carbocycles. The van der Waals surface area contributed by atoms with Crippen molar-refractivity contribution >= 4 is 33.5 Å². The zero-order chi connectivity index (χ0) is 23.5. The molecule has 0 amide bonds. The highest BCUT2D eigenvalue weighted by atomic mass is 32.1. The fraction of sp³-hybridized carbons (Fsp3) is 0.125. The van der Waals surface area contributed by atoms with Crippen molar-refractivity contribution in [2.45, 2.75) is 13.3 Å². The van der Waals surface area contributed by atoms with Gasteiger partial charge in [-0.2, -0.15) is 4.68 Å². The number of aromatic nitrogens is 4. The summed E-state index contributed by atoms with van der Waals surface area (Å²) in [6.07, 6.45) is 0.513. The van der Waals surface area contributed by atoms with Gasteiger partial charge >= 0.3 is 5.56 Å². The molecule has 0 unspecified atom stereocenters. The van der Waals surface area contributed by atoms with Gasteiger partial charge in [-0.3, -0.25) is 9.89 Å². The van der Waals surface area contributed by atoms with Crippen LogP contribution in [0, 0.1) is 6.92 Å². The monoisotopic (exact) mass is 488 g/mol. The zero-order valence-electron chi connectivity index (χ0n) is 18.2. The number of hydrogen-bond donors (Lipinski definition) is 2. The van der Waals surface area contributed by atoms with Crippen molar-refractivity contribution < 1.29 is 5.11 Å². The number of aliphatic hydroxyl groups excluding tert-OH is 1. The van der Waals surface area contributed by atoms with E-state index in [1.807, 2.05) is 73.0 Å². The molecule has 0 aliphatic heterocycles. The molecule has 0 saturated carbocycles. The van der Waals surface area contributed by atoms with Gasteiger partial charge in [0.05, 0.1) is 17.1 Å². The topological polar surface area (TPSA) is 109 Å². The molecule has 5 aromatic rings. The summed E-state index contributed by atoms with van der Waals surface area (Å²) in [5, 5.41) is 23.8. The second-order valence-corrected chi connectivity index (χ2v) is 9.30. The Kier molecular flexibility index (Phi) is 6.26. The van der Waals surface area contributed by atoms with Gasteiger partial charge in [0.15, 0.2) is 5.69 Å². The Bertz CT molecular complexity index is 1500. The first-order chi connectivity index (χ1) is 16.6. The lowest BCUT2D eigenvalue weighted by molar-refractivity contribution is 0.300. The first-order valence-corrected chi connectivity index (χ1v) is 12.2. The Morgan fingerprint density at radius 2 is 1.71 bits per heavy atom. The predicted molar refractivity (Wildman–Crippen MR) is 135 cm³/mol. The highest BCUT2D eigenvalue weighted by Crippen LogP contribution is 2.31. The number of benzene rings is 2. The highest BCUT2D eigenvalue weighted by Gasteiger charge is 2.19. The number of aromatic amines is 1. The van der Waals surface area contributed by atoms with Crippen LogP contribution in [0.1, 0.15) is 10.6 Å². The van der Waals surface area contributed by atoms with Gasteiger partial charge in [-0.1, -0.05) is 72.0 Å². The summed E-state index contributed by atoms with van der Waals surface area (Å²) in [7, 11) is 0. The minimum Gasteiger partial charge on any atom is -0.396 e. The van der Waals surface area contributed by atoms with Gasteiger partial charge in [0.25, 0.3) is 0 Å². The maximum Gasteiger partial charge on any atom is 0.301 e. The number of nitrogens with one attached hydrogen (secondary N) is 1. The summed E-state index contributed by atoms with van der Waals surface area (Å²) in [5.74, 6) is 0. The van der Waals surface area contributed by atoms with Crippen LogP contribution >= 0.6 is 22.7 Å². The molecule has 0 atom stereocenters. The molecule has 0 fully saturated rings. The number of H-pyrrole nitrogens is 1. The summed E-state index contributed by atoms with van der Waals surface area (Å²) >= 11 is 2.72. The fourth-order valence-electron chi connectivity index (χ4n) is 3.45. The summed E-state index contributed by atoms with van der Waals surface area (Å²) in [4.78, 5) is 23.4. The van der Waals surface area contributed by atoms with Crippen molar-refractivity contribution in [3.63, 3.8) is 0 Å².